The molecule has 2 aromatic carbocycles. The Morgan fingerprint density at radius 3 is 2.21 bits per heavy atom. The minimum Gasteiger partial charge on any atom is -0.497 e. The van der Waals surface area contributed by atoms with Crippen LogP contribution < -0.4 is 15.4 Å². The van der Waals surface area contributed by atoms with Crippen LogP contribution in [0.4, 0.5) is 5.69 Å². The quantitative estimate of drug-likeness (QED) is 0.762. The summed E-state index contributed by atoms with van der Waals surface area (Å²) in [5.74, 6) is 0.267. The van der Waals surface area contributed by atoms with Crippen molar-refractivity contribution in [3.63, 3.8) is 0 Å². The highest BCUT2D eigenvalue weighted by molar-refractivity contribution is 5.89. The van der Waals surface area contributed by atoms with Crippen molar-refractivity contribution < 1.29 is 19.1 Å². The van der Waals surface area contributed by atoms with Gasteiger partial charge in [-0.1, -0.05) is 12.1 Å². The van der Waals surface area contributed by atoms with Crippen LogP contribution in [0, 0.1) is 0 Å². The molecule has 1 amide bonds. The Hall–Kier alpha value is -3.02. The average molecular weight is 328 g/mol. The van der Waals surface area contributed by atoms with E-state index in [0.29, 0.717) is 12.1 Å². The van der Waals surface area contributed by atoms with E-state index < -0.39 is 5.97 Å². The van der Waals surface area contributed by atoms with Crippen LogP contribution in [0.1, 0.15) is 15.9 Å². The fraction of sp³-hybridized carbons (Fsp3) is 0.222. The molecule has 6 heteroatoms. The molecule has 0 aromatic heterocycles. The Bertz CT molecular complexity index is 681. The van der Waals surface area contributed by atoms with Gasteiger partial charge in [-0.05, 0) is 42.0 Å². The van der Waals surface area contributed by atoms with Gasteiger partial charge in [0.2, 0.25) is 5.91 Å². The van der Waals surface area contributed by atoms with E-state index in [1.165, 1.54) is 7.11 Å². The third-order valence-corrected chi connectivity index (χ3v) is 3.41. The molecule has 0 aliphatic rings. The largest absolute Gasteiger partial charge is 0.497 e. The van der Waals surface area contributed by atoms with Crippen molar-refractivity contribution >= 4 is 17.6 Å². The molecule has 24 heavy (non-hydrogen) atoms. The first kappa shape index (κ1) is 17.3. The molecule has 0 saturated carbocycles. The molecule has 0 spiro atoms. The third-order valence-electron chi connectivity index (χ3n) is 3.41. The van der Waals surface area contributed by atoms with Crippen LogP contribution in [0.2, 0.25) is 0 Å². The second-order valence-corrected chi connectivity index (χ2v) is 5.05. The first-order valence-electron chi connectivity index (χ1n) is 7.44. The molecule has 0 fully saturated rings. The highest BCUT2D eigenvalue weighted by Gasteiger charge is 2.05. The maximum absolute atomic E-state index is 11.9. The van der Waals surface area contributed by atoms with Crippen LogP contribution in [0.3, 0.4) is 0 Å². The number of benzene rings is 2. The van der Waals surface area contributed by atoms with Gasteiger partial charge < -0.3 is 20.1 Å². The van der Waals surface area contributed by atoms with Crippen LogP contribution >= 0.6 is 0 Å². The Kier molecular flexibility index (Phi) is 6.19. The fourth-order valence-electron chi connectivity index (χ4n) is 2.03. The van der Waals surface area contributed by atoms with Gasteiger partial charge in [0.25, 0.3) is 0 Å². The van der Waals surface area contributed by atoms with Crippen molar-refractivity contribution in [3.8, 4) is 5.75 Å². The number of nitrogens with one attached hydrogen (secondary N) is 2. The Morgan fingerprint density at radius 2 is 1.62 bits per heavy atom. The SMILES string of the molecule is COC(=O)c1ccc(NCC(=O)NCc2ccc(OC)cc2)cc1. The van der Waals surface area contributed by atoms with Crippen molar-refractivity contribution in [2.24, 2.45) is 0 Å². The van der Waals surface area contributed by atoms with Crippen LogP contribution in [0.15, 0.2) is 48.5 Å². The van der Waals surface area contributed by atoms with Gasteiger partial charge in [-0.15, -0.1) is 0 Å². The molecule has 0 unspecified atom stereocenters. The summed E-state index contributed by atoms with van der Waals surface area (Å²) in [4.78, 5) is 23.2. The van der Waals surface area contributed by atoms with E-state index in [2.05, 4.69) is 15.4 Å². The predicted octanol–water partition coefficient (Wildman–Crippen LogP) is 2.21. The van der Waals surface area contributed by atoms with Crippen molar-refractivity contribution in [1.29, 1.82) is 0 Å². The molecule has 2 N–H and O–H groups in total. The van der Waals surface area contributed by atoms with Crippen LogP contribution in [0.25, 0.3) is 0 Å². The summed E-state index contributed by atoms with van der Waals surface area (Å²) in [6.45, 7) is 0.597. The van der Waals surface area contributed by atoms with Crippen molar-refractivity contribution in [2.45, 2.75) is 6.54 Å². The zero-order valence-corrected chi connectivity index (χ0v) is 13.7. The topological polar surface area (TPSA) is 76.7 Å². The van der Waals surface area contributed by atoms with E-state index in [1.54, 1.807) is 31.4 Å². The number of hydrogen-bond acceptors (Lipinski definition) is 5. The number of rotatable bonds is 7. The standard InChI is InChI=1S/C18H20N2O4/c1-23-16-9-3-13(4-10-16)11-20-17(21)12-19-15-7-5-14(6-8-15)18(22)24-2/h3-10,19H,11-12H2,1-2H3,(H,20,21). The molecule has 0 saturated heterocycles. The number of anilines is 1. The van der Waals surface area contributed by atoms with Gasteiger partial charge in [-0.2, -0.15) is 0 Å². The predicted molar refractivity (Wildman–Crippen MR) is 91.1 cm³/mol. The summed E-state index contributed by atoms with van der Waals surface area (Å²) in [7, 11) is 2.95. The van der Waals surface area contributed by atoms with Crippen LogP contribution in [-0.4, -0.2) is 32.6 Å². The van der Waals surface area contributed by atoms with E-state index in [9.17, 15) is 9.59 Å². The number of amides is 1. The fourth-order valence-corrected chi connectivity index (χ4v) is 2.03. The maximum Gasteiger partial charge on any atom is 0.337 e. The zero-order chi connectivity index (χ0) is 17.4. The number of hydrogen-bond donors (Lipinski definition) is 2. The second kappa shape index (κ2) is 8.57. The average Bonchev–Trinajstić information content (AvgIpc) is 2.64. The first-order chi connectivity index (χ1) is 11.6. The molecular formula is C18H20N2O4. The van der Waals surface area contributed by atoms with E-state index in [-0.39, 0.29) is 12.5 Å². The van der Waals surface area contributed by atoms with Gasteiger partial charge in [0.15, 0.2) is 0 Å². The normalized spacial score (nSPS) is 9.92. The van der Waals surface area contributed by atoms with E-state index in [4.69, 9.17) is 4.74 Å². The van der Waals surface area contributed by atoms with Crippen LogP contribution in [0.5, 0.6) is 5.75 Å². The number of carbonyl (C=O) groups excluding carboxylic acids is 2. The van der Waals surface area contributed by atoms with Crippen LogP contribution in [-0.2, 0) is 16.1 Å². The molecule has 2 aromatic rings. The lowest BCUT2D eigenvalue weighted by atomic mass is 10.2. The molecule has 0 radical (unpaired) electrons. The van der Waals surface area contributed by atoms with Crippen molar-refractivity contribution in [3.05, 3.63) is 59.7 Å². The molecule has 0 bridgehead atoms. The highest BCUT2D eigenvalue weighted by Crippen LogP contribution is 2.11. The first-order valence-corrected chi connectivity index (χ1v) is 7.44. The number of methoxy groups -OCH3 is 2. The van der Waals surface area contributed by atoms with Crippen molar-refractivity contribution in [1.82, 2.24) is 5.32 Å². The number of carbonyl (C=O) groups is 2. The Balaban J connectivity index is 1.77. The lowest BCUT2D eigenvalue weighted by Crippen LogP contribution is -2.29. The Labute approximate surface area is 140 Å². The summed E-state index contributed by atoms with van der Waals surface area (Å²) in [5.41, 5.74) is 2.21. The minimum atomic E-state index is -0.390. The van der Waals surface area contributed by atoms with Gasteiger partial charge >= 0.3 is 5.97 Å². The van der Waals surface area contributed by atoms with Gasteiger partial charge in [0.1, 0.15) is 5.75 Å². The zero-order valence-electron chi connectivity index (χ0n) is 13.7. The number of esters is 1. The van der Waals surface area contributed by atoms with Gasteiger partial charge in [-0.3, -0.25) is 4.79 Å². The smallest absolute Gasteiger partial charge is 0.337 e. The monoisotopic (exact) mass is 328 g/mol. The van der Waals surface area contributed by atoms with E-state index >= 15 is 0 Å². The van der Waals surface area contributed by atoms with Gasteiger partial charge in [-0.25, -0.2) is 4.79 Å². The molecule has 0 aliphatic heterocycles. The molecule has 6 nitrogen and oxygen atoms in total. The third kappa shape index (κ3) is 5.01. The van der Waals surface area contributed by atoms with Gasteiger partial charge in [0, 0.05) is 12.2 Å². The minimum absolute atomic E-state index is 0.122. The molecule has 0 heterocycles. The van der Waals surface area contributed by atoms with E-state index in [1.807, 2.05) is 24.3 Å². The molecule has 2 rings (SSSR count). The molecular weight excluding hydrogens is 308 g/mol. The lowest BCUT2D eigenvalue weighted by Gasteiger charge is -2.09. The Morgan fingerprint density at radius 1 is 0.958 bits per heavy atom. The lowest BCUT2D eigenvalue weighted by molar-refractivity contribution is -0.119. The highest BCUT2D eigenvalue weighted by atomic mass is 16.5. The summed E-state index contributed by atoms with van der Waals surface area (Å²) in [6, 6.07) is 14.2. The maximum atomic E-state index is 11.9. The molecule has 126 valence electrons. The van der Waals surface area contributed by atoms with E-state index in [0.717, 1.165) is 17.0 Å². The van der Waals surface area contributed by atoms with Crippen molar-refractivity contribution in [2.75, 3.05) is 26.1 Å². The molecule has 0 aliphatic carbocycles. The van der Waals surface area contributed by atoms with Gasteiger partial charge in [0.05, 0.1) is 26.3 Å². The summed E-state index contributed by atoms with van der Waals surface area (Å²) < 4.78 is 9.72. The number of ether oxygens (including phenoxy) is 2. The second-order valence-electron chi connectivity index (χ2n) is 5.05. The molecule has 0 atom stereocenters. The summed E-state index contributed by atoms with van der Waals surface area (Å²) in [5, 5.41) is 5.83. The summed E-state index contributed by atoms with van der Waals surface area (Å²) >= 11 is 0. The summed E-state index contributed by atoms with van der Waals surface area (Å²) in [6.07, 6.45) is 0.